The van der Waals surface area contributed by atoms with Gasteiger partial charge in [0.15, 0.2) is 9.84 Å². The Morgan fingerprint density at radius 2 is 2.16 bits per heavy atom. The first-order chi connectivity index (χ1) is 9.00. The van der Waals surface area contributed by atoms with Crippen LogP contribution < -0.4 is 5.32 Å². The first-order valence-corrected chi connectivity index (χ1v) is 7.88. The zero-order chi connectivity index (χ0) is 14.3. The zero-order valence-electron chi connectivity index (χ0n) is 11.0. The van der Waals surface area contributed by atoms with Crippen LogP contribution >= 0.6 is 0 Å². The molecular weight excluding hydrogens is 268 g/mol. The number of anilines is 1. The monoisotopic (exact) mass is 286 g/mol. The van der Waals surface area contributed by atoms with Gasteiger partial charge in [-0.15, -0.1) is 0 Å². The van der Waals surface area contributed by atoms with Crippen LogP contribution in [0.15, 0.2) is 18.3 Å². The van der Waals surface area contributed by atoms with Crippen LogP contribution in [0.3, 0.4) is 0 Å². The predicted octanol–water partition coefficient (Wildman–Crippen LogP) is 1.10. The van der Waals surface area contributed by atoms with Gasteiger partial charge in [0, 0.05) is 18.5 Å². The number of nitrogens with zero attached hydrogens (tertiary/aromatic N) is 1. The van der Waals surface area contributed by atoms with E-state index in [1.165, 1.54) is 6.20 Å². The molecule has 19 heavy (non-hydrogen) atoms. The van der Waals surface area contributed by atoms with E-state index in [0.717, 1.165) is 0 Å². The molecule has 1 N–H and O–H groups in total. The number of nitrogens with one attached hydrogen (secondary N) is 1. The minimum Gasteiger partial charge on any atom is -0.462 e. The molecule has 0 bridgehead atoms. The lowest BCUT2D eigenvalue weighted by atomic mass is 10.2. The van der Waals surface area contributed by atoms with Crippen molar-refractivity contribution in [3.63, 3.8) is 0 Å². The highest BCUT2D eigenvalue weighted by Gasteiger charge is 2.14. The van der Waals surface area contributed by atoms with Gasteiger partial charge in [0.25, 0.3) is 0 Å². The third-order valence-electron chi connectivity index (χ3n) is 2.45. The minimum atomic E-state index is -3.04. The standard InChI is InChI=1S/C12H18N2O4S/c1-3-18-12(15)10-6-5-7-13-11(10)14-8-9-19(16,17)4-2/h5-7H,3-4,8-9H2,1-2H3,(H,13,14). The lowest BCUT2D eigenvalue weighted by Crippen LogP contribution is -2.19. The number of sulfone groups is 1. The number of pyridine rings is 1. The molecule has 1 heterocycles. The van der Waals surface area contributed by atoms with Crippen molar-refractivity contribution < 1.29 is 17.9 Å². The molecule has 0 saturated heterocycles. The number of esters is 1. The Kier molecular flexibility index (Phi) is 5.75. The molecule has 0 aromatic carbocycles. The third kappa shape index (κ3) is 4.86. The molecule has 1 aromatic heterocycles. The molecule has 0 radical (unpaired) electrons. The highest BCUT2D eigenvalue weighted by molar-refractivity contribution is 7.91. The van der Waals surface area contributed by atoms with Crippen molar-refractivity contribution in [3.8, 4) is 0 Å². The van der Waals surface area contributed by atoms with Crippen LogP contribution in [0.1, 0.15) is 24.2 Å². The van der Waals surface area contributed by atoms with Crippen molar-refractivity contribution in [1.29, 1.82) is 0 Å². The van der Waals surface area contributed by atoms with E-state index < -0.39 is 15.8 Å². The van der Waals surface area contributed by atoms with Gasteiger partial charge in [-0.2, -0.15) is 0 Å². The van der Waals surface area contributed by atoms with Crippen LogP contribution in [0.2, 0.25) is 0 Å². The summed E-state index contributed by atoms with van der Waals surface area (Å²) >= 11 is 0. The fourth-order valence-corrected chi connectivity index (χ4v) is 2.09. The Labute approximate surface area is 113 Å². The summed E-state index contributed by atoms with van der Waals surface area (Å²) in [5.74, 6) is -0.0343. The summed E-state index contributed by atoms with van der Waals surface area (Å²) in [5.41, 5.74) is 0.304. The molecule has 1 rings (SSSR count). The fraction of sp³-hybridized carbons (Fsp3) is 0.500. The molecule has 0 amide bonds. The lowest BCUT2D eigenvalue weighted by Gasteiger charge is -2.09. The van der Waals surface area contributed by atoms with Crippen molar-refractivity contribution >= 4 is 21.6 Å². The fourth-order valence-electron chi connectivity index (χ4n) is 1.39. The molecule has 0 spiro atoms. The first-order valence-electron chi connectivity index (χ1n) is 6.06. The Bertz CT molecular complexity index is 528. The van der Waals surface area contributed by atoms with Crippen molar-refractivity contribution in [1.82, 2.24) is 4.98 Å². The highest BCUT2D eigenvalue weighted by atomic mass is 32.2. The molecular formula is C12H18N2O4S. The Balaban J connectivity index is 2.71. The van der Waals surface area contributed by atoms with Crippen molar-refractivity contribution in [2.24, 2.45) is 0 Å². The average molecular weight is 286 g/mol. The van der Waals surface area contributed by atoms with Gasteiger partial charge in [0.1, 0.15) is 11.4 Å². The molecule has 106 valence electrons. The largest absolute Gasteiger partial charge is 0.462 e. The number of ether oxygens (including phenoxy) is 1. The van der Waals surface area contributed by atoms with Gasteiger partial charge in [-0.25, -0.2) is 18.2 Å². The molecule has 7 heteroatoms. The van der Waals surface area contributed by atoms with Gasteiger partial charge < -0.3 is 10.1 Å². The minimum absolute atomic E-state index is 0.00232. The summed E-state index contributed by atoms with van der Waals surface area (Å²) in [6.07, 6.45) is 1.53. The van der Waals surface area contributed by atoms with E-state index in [2.05, 4.69) is 10.3 Å². The number of aromatic nitrogens is 1. The number of carbonyl (C=O) groups excluding carboxylic acids is 1. The number of rotatable bonds is 7. The predicted molar refractivity (Wildman–Crippen MR) is 73.0 cm³/mol. The van der Waals surface area contributed by atoms with Crippen molar-refractivity contribution in [2.45, 2.75) is 13.8 Å². The van der Waals surface area contributed by atoms with Gasteiger partial charge in [0.2, 0.25) is 0 Å². The van der Waals surface area contributed by atoms with Crippen LogP contribution in [0.25, 0.3) is 0 Å². The van der Waals surface area contributed by atoms with E-state index in [4.69, 9.17) is 4.74 Å². The van der Waals surface area contributed by atoms with E-state index in [1.807, 2.05) is 0 Å². The smallest absolute Gasteiger partial charge is 0.341 e. The molecule has 0 saturated carbocycles. The summed E-state index contributed by atoms with van der Waals surface area (Å²) in [4.78, 5) is 15.7. The Morgan fingerprint density at radius 3 is 2.79 bits per heavy atom. The van der Waals surface area contributed by atoms with Gasteiger partial charge >= 0.3 is 5.97 Å². The van der Waals surface area contributed by atoms with Crippen LogP contribution in [-0.2, 0) is 14.6 Å². The van der Waals surface area contributed by atoms with E-state index in [9.17, 15) is 13.2 Å². The molecule has 0 fully saturated rings. The van der Waals surface area contributed by atoms with Crippen molar-refractivity contribution in [3.05, 3.63) is 23.9 Å². The molecule has 6 nitrogen and oxygen atoms in total. The number of carbonyl (C=O) groups is 1. The molecule has 0 unspecified atom stereocenters. The third-order valence-corrected chi connectivity index (χ3v) is 4.15. The van der Waals surface area contributed by atoms with E-state index >= 15 is 0 Å². The van der Waals surface area contributed by atoms with Gasteiger partial charge in [0.05, 0.1) is 12.4 Å². The second kappa shape index (κ2) is 7.08. The maximum absolute atomic E-state index is 11.7. The topological polar surface area (TPSA) is 85.4 Å². The first kappa shape index (κ1) is 15.4. The molecule has 1 aromatic rings. The summed E-state index contributed by atoms with van der Waals surface area (Å²) in [7, 11) is -3.04. The van der Waals surface area contributed by atoms with Crippen molar-refractivity contribution in [2.75, 3.05) is 30.0 Å². The average Bonchev–Trinajstić information content (AvgIpc) is 2.39. The van der Waals surface area contributed by atoms with Gasteiger partial charge in [-0.1, -0.05) is 6.92 Å². The lowest BCUT2D eigenvalue weighted by molar-refractivity contribution is 0.0527. The van der Waals surface area contributed by atoms with Crippen LogP contribution in [0.5, 0.6) is 0 Å². The SMILES string of the molecule is CCOC(=O)c1cccnc1NCCS(=O)(=O)CC. The Hall–Kier alpha value is -1.63. The number of hydrogen-bond donors (Lipinski definition) is 1. The number of hydrogen-bond acceptors (Lipinski definition) is 6. The second-order valence-corrected chi connectivity index (χ2v) is 6.26. The second-order valence-electron chi connectivity index (χ2n) is 3.78. The molecule has 0 atom stereocenters. The van der Waals surface area contributed by atoms with E-state index in [1.54, 1.807) is 26.0 Å². The summed E-state index contributed by atoms with van der Waals surface area (Å²) in [5, 5.41) is 2.85. The summed E-state index contributed by atoms with van der Waals surface area (Å²) < 4.78 is 27.6. The van der Waals surface area contributed by atoms with Crippen LogP contribution in [-0.4, -0.2) is 44.0 Å². The normalized spacial score (nSPS) is 11.1. The summed E-state index contributed by atoms with van der Waals surface area (Å²) in [6, 6.07) is 3.21. The van der Waals surface area contributed by atoms with Crippen LogP contribution in [0.4, 0.5) is 5.82 Å². The summed E-state index contributed by atoms with van der Waals surface area (Å²) in [6.45, 7) is 3.80. The Morgan fingerprint density at radius 1 is 1.42 bits per heavy atom. The molecule has 0 aliphatic heterocycles. The molecule has 0 aliphatic rings. The van der Waals surface area contributed by atoms with Crippen LogP contribution in [0, 0.1) is 0 Å². The van der Waals surface area contributed by atoms with Gasteiger partial charge in [-0.3, -0.25) is 0 Å². The maximum Gasteiger partial charge on any atom is 0.341 e. The van der Waals surface area contributed by atoms with Gasteiger partial charge in [-0.05, 0) is 19.1 Å². The zero-order valence-corrected chi connectivity index (χ0v) is 11.9. The quantitative estimate of drug-likeness (QED) is 0.756. The van der Waals surface area contributed by atoms with E-state index in [0.29, 0.717) is 11.4 Å². The maximum atomic E-state index is 11.7. The van der Waals surface area contributed by atoms with E-state index in [-0.39, 0.29) is 24.7 Å². The highest BCUT2D eigenvalue weighted by Crippen LogP contribution is 2.12. The molecule has 0 aliphatic carbocycles.